The lowest BCUT2D eigenvalue weighted by atomic mass is 10.2. The molecule has 3 N–H and O–H groups in total. The maximum atomic E-state index is 13.6. The van der Waals surface area contributed by atoms with E-state index in [4.69, 9.17) is 5.73 Å². The average molecular weight is 377 g/mol. The normalized spacial score (nSPS) is 11.4. The fraction of sp³-hybridized carbons (Fsp3) is 0.0769. The minimum atomic E-state index is -4.22. The summed E-state index contributed by atoms with van der Waals surface area (Å²) in [5.41, 5.74) is 6.88. The molecule has 2 aromatic rings. The summed E-state index contributed by atoms with van der Waals surface area (Å²) >= 11 is 3.19. The molecule has 112 valence electrons. The van der Waals surface area contributed by atoms with Crippen LogP contribution in [-0.2, 0) is 10.0 Å². The third kappa shape index (κ3) is 3.33. The maximum absolute atomic E-state index is 13.6. The molecule has 0 radical (unpaired) electrons. The van der Waals surface area contributed by atoms with Crippen LogP contribution in [0.5, 0.6) is 0 Å². The third-order valence-corrected chi connectivity index (χ3v) is 4.69. The van der Waals surface area contributed by atoms with Crippen LogP contribution in [0.2, 0.25) is 0 Å². The summed E-state index contributed by atoms with van der Waals surface area (Å²) in [5.74, 6) is -2.04. The monoisotopic (exact) mass is 376 g/mol. The second-order valence-corrected chi connectivity index (χ2v) is 6.90. The molecule has 0 aliphatic heterocycles. The second-order valence-electron chi connectivity index (χ2n) is 4.39. The van der Waals surface area contributed by atoms with Crippen LogP contribution >= 0.6 is 15.9 Å². The van der Waals surface area contributed by atoms with Gasteiger partial charge in [-0.05, 0) is 52.7 Å². The number of nitrogens with two attached hydrogens (primary N) is 1. The smallest absolute Gasteiger partial charge is 0.264 e. The molecule has 21 heavy (non-hydrogen) atoms. The summed E-state index contributed by atoms with van der Waals surface area (Å²) in [4.78, 5) is -0.657. The van der Waals surface area contributed by atoms with Gasteiger partial charge in [-0.3, -0.25) is 4.72 Å². The molecule has 0 bridgehead atoms. The summed E-state index contributed by atoms with van der Waals surface area (Å²) < 4.78 is 53.4. The molecular formula is C13H11BrF2N2O2S. The third-order valence-electron chi connectivity index (χ3n) is 2.68. The molecule has 0 aliphatic carbocycles. The van der Waals surface area contributed by atoms with E-state index in [0.717, 1.165) is 17.7 Å². The molecule has 2 rings (SSSR count). The van der Waals surface area contributed by atoms with E-state index in [-0.39, 0.29) is 11.4 Å². The van der Waals surface area contributed by atoms with Gasteiger partial charge in [0.15, 0.2) is 0 Å². The molecule has 4 nitrogen and oxygen atoms in total. The van der Waals surface area contributed by atoms with E-state index < -0.39 is 26.6 Å². The highest BCUT2D eigenvalue weighted by Gasteiger charge is 2.21. The minimum absolute atomic E-state index is 0.101. The molecule has 0 amide bonds. The van der Waals surface area contributed by atoms with Gasteiger partial charge < -0.3 is 5.73 Å². The van der Waals surface area contributed by atoms with E-state index in [1.807, 2.05) is 0 Å². The van der Waals surface area contributed by atoms with Gasteiger partial charge in [0.1, 0.15) is 16.5 Å². The van der Waals surface area contributed by atoms with Crippen molar-refractivity contribution in [1.29, 1.82) is 0 Å². The fourth-order valence-electron chi connectivity index (χ4n) is 1.76. The zero-order chi connectivity index (χ0) is 15.8. The van der Waals surface area contributed by atoms with Crippen molar-refractivity contribution in [2.24, 2.45) is 0 Å². The van der Waals surface area contributed by atoms with Gasteiger partial charge in [0, 0.05) is 10.5 Å². The maximum Gasteiger partial charge on any atom is 0.264 e. The Bertz CT molecular complexity index is 787. The van der Waals surface area contributed by atoms with Crippen molar-refractivity contribution in [3.63, 3.8) is 0 Å². The molecule has 0 saturated carbocycles. The predicted octanol–water partition coefficient (Wildman–Crippen LogP) is 3.42. The number of sulfonamides is 1. The van der Waals surface area contributed by atoms with Crippen LogP contribution in [0.25, 0.3) is 0 Å². The number of nitrogens with one attached hydrogen (secondary N) is 1. The molecule has 0 heterocycles. The molecule has 2 aromatic carbocycles. The Hall–Kier alpha value is -1.67. The summed E-state index contributed by atoms with van der Waals surface area (Å²) in [6.07, 6.45) is 0. The van der Waals surface area contributed by atoms with E-state index >= 15 is 0 Å². The van der Waals surface area contributed by atoms with Crippen molar-refractivity contribution in [3.8, 4) is 0 Å². The highest BCUT2D eigenvalue weighted by Crippen LogP contribution is 2.32. The zero-order valence-corrected chi connectivity index (χ0v) is 13.2. The Morgan fingerprint density at radius 3 is 2.43 bits per heavy atom. The first-order valence-electron chi connectivity index (χ1n) is 5.74. The first-order valence-corrected chi connectivity index (χ1v) is 8.02. The number of nitrogen functional groups attached to an aromatic ring is 1. The first kappa shape index (κ1) is 15.7. The summed E-state index contributed by atoms with van der Waals surface area (Å²) in [6.45, 7) is 1.79. The number of aryl methyl sites for hydroxylation is 1. The number of anilines is 2. The van der Waals surface area contributed by atoms with Crippen LogP contribution in [0.4, 0.5) is 20.2 Å². The van der Waals surface area contributed by atoms with Crippen LogP contribution in [0, 0.1) is 18.6 Å². The Morgan fingerprint density at radius 2 is 1.86 bits per heavy atom. The van der Waals surface area contributed by atoms with Crippen molar-refractivity contribution < 1.29 is 17.2 Å². The van der Waals surface area contributed by atoms with Crippen LogP contribution in [-0.4, -0.2) is 8.42 Å². The van der Waals surface area contributed by atoms with E-state index in [2.05, 4.69) is 20.7 Å². The average Bonchev–Trinajstić information content (AvgIpc) is 2.33. The molecule has 8 heteroatoms. The van der Waals surface area contributed by atoms with Gasteiger partial charge in [-0.15, -0.1) is 0 Å². The van der Waals surface area contributed by atoms with Crippen molar-refractivity contribution in [3.05, 3.63) is 52.0 Å². The SMILES string of the molecule is Cc1cc(N)c(NS(=O)(=O)c2ccc(F)cc2F)c(Br)c1. The van der Waals surface area contributed by atoms with E-state index in [1.165, 1.54) is 0 Å². The first-order chi connectivity index (χ1) is 9.70. The quantitative estimate of drug-likeness (QED) is 0.806. The minimum Gasteiger partial charge on any atom is -0.397 e. The Balaban J connectivity index is 2.47. The van der Waals surface area contributed by atoms with Crippen molar-refractivity contribution >= 4 is 37.3 Å². The summed E-state index contributed by atoms with van der Waals surface area (Å²) in [6, 6.07) is 5.46. The van der Waals surface area contributed by atoms with Gasteiger partial charge in [0.05, 0.1) is 11.4 Å². The lowest BCUT2D eigenvalue weighted by Crippen LogP contribution is -2.16. The van der Waals surface area contributed by atoms with E-state index in [1.54, 1.807) is 19.1 Å². The van der Waals surface area contributed by atoms with E-state index in [9.17, 15) is 17.2 Å². The lowest BCUT2D eigenvalue weighted by Gasteiger charge is -2.13. The summed E-state index contributed by atoms with van der Waals surface area (Å²) in [7, 11) is -4.22. The molecular weight excluding hydrogens is 366 g/mol. The van der Waals surface area contributed by atoms with Crippen LogP contribution in [0.1, 0.15) is 5.56 Å². The van der Waals surface area contributed by atoms with Gasteiger partial charge in [-0.25, -0.2) is 17.2 Å². The Kier molecular flexibility index (Phi) is 4.20. The van der Waals surface area contributed by atoms with Crippen molar-refractivity contribution in [1.82, 2.24) is 0 Å². The van der Waals surface area contributed by atoms with Gasteiger partial charge in [-0.2, -0.15) is 0 Å². The Labute approximate surface area is 129 Å². The molecule has 0 spiro atoms. The number of hydrogen-bond donors (Lipinski definition) is 2. The highest BCUT2D eigenvalue weighted by atomic mass is 79.9. The standard InChI is InChI=1S/C13H11BrF2N2O2S/c1-7-4-9(14)13(11(17)5-7)18-21(19,20)12-3-2-8(15)6-10(12)16/h2-6,18H,17H2,1H3. The molecule has 0 fully saturated rings. The molecule has 0 aliphatic rings. The largest absolute Gasteiger partial charge is 0.397 e. The van der Waals surface area contributed by atoms with Gasteiger partial charge in [0.25, 0.3) is 10.0 Å². The van der Waals surface area contributed by atoms with Gasteiger partial charge in [0.2, 0.25) is 0 Å². The topological polar surface area (TPSA) is 72.2 Å². The fourth-order valence-corrected chi connectivity index (χ4v) is 3.75. The van der Waals surface area contributed by atoms with Crippen LogP contribution < -0.4 is 10.5 Å². The van der Waals surface area contributed by atoms with Crippen LogP contribution in [0.3, 0.4) is 0 Å². The van der Waals surface area contributed by atoms with Crippen molar-refractivity contribution in [2.45, 2.75) is 11.8 Å². The second kappa shape index (κ2) is 5.61. The molecule has 0 saturated heterocycles. The van der Waals surface area contributed by atoms with Crippen LogP contribution in [0.15, 0.2) is 39.7 Å². The highest BCUT2D eigenvalue weighted by molar-refractivity contribution is 9.10. The molecule has 0 unspecified atom stereocenters. The lowest BCUT2D eigenvalue weighted by molar-refractivity contribution is 0.551. The zero-order valence-electron chi connectivity index (χ0n) is 10.8. The van der Waals surface area contributed by atoms with Crippen molar-refractivity contribution in [2.75, 3.05) is 10.5 Å². The predicted molar refractivity (Wildman–Crippen MR) is 80.5 cm³/mol. The summed E-state index contributed by atoms with van der Waals surface area (Å²) in [5, 5.41) is 0. The number of hydrogen-bond acceptors (Lipinski definition) is 3. The Morgan fingerprint density at radius 1 is 1.19 bits per heavy atom. The molecule has 0 atom stereocenters. The van der Waals surface area contributed by atoms with E-state index in [0.29, 0.717) is 10.5 Å². The number of benzene rings is 2. The number of rotatable bonds is 3. The molecule has 0 aromatic heterocycles. The number of halogens is 3. The van der Waals surface area contributed by atoms with Gasteiger partial charge in [-0.1, -0.05) is 0 Å². The van der Waals surface area contributed by atoms with Gasteiger partial charge >= 0.3 is 0 Å².